The summed E-state index contributed by atoms with van der Waals surface area (Å²) in [6.07, 6.45) is 1.44. The summed E-state index contributed by atoms with van der Waals surface area (Å²) < 4.78 is 18.7. The number of hydrogen-bond donors (Lipinski definition) is 0. The van der Waals surface area contributed by atoms with E-state index in [1.54, 1.807) is 18.2 Å². The molecule has 2 aromatic rings. The Balaban J connectivity index is 2.52. The van der Waals surface area contributed by atoms with Crippen LogP contribution in [0.15, 0.2) is 34.9 Å². The number of aromatic nitrogens is 1. The first-order chi connectivity index (χ1) is 6.27. The number of benzene rings is 1. The van der Waals surface area contributed by atoms with Crippen LogP contribution < -0.4 is 0 Å². The normalized spacial score (nSPS) is 10.3. The van der Waals surface area contributed by atoms with Crippen LogP contribution in [0.2, 0.25) is 0 Å². The van der Waals surface area contributed by atoms with Gasteiger partial charge in [-0.2, -0.15) is 0 Å². The van der Waals surface area contributed by atoms with Crippen molar-refractivity contribution >= 4 is 22.6 Å². The Bertz CT molecular complexity index is 427. The van der Waals surface area contributed by atoms with E-state index in [2.05, 4.69) is 4.98 Å². The second kappa shape index (κ2) is 3.45. The summed E-state index contributed by atoms with van der Waals surface area (Å²) in [6.45, 7) is 0. The minimum atomic E-state index is -0.285. The summed E-state index contributed by atoms with van der Waals surface area (Å²) in [4.78, 5) is 4.02. The molecule has 0 saturated carbocycles. The maximum atomic E-state index is 13.2. The summed E-state index contributed by atoms with van der Waals surface area (Å²) in [6, 6.07) is 6.48. The molecule has 0 bridgehead atoms. The van der Waals surface area contributed by atoms with Crippen LogP contribution in [-0.4, -0.2) is 4.98 Å². The van der Waals surface area contributed by atoms with Gasteiger partial charge >= 0.3 is 0 Å². The van der Waals surface area contributed by atoms with Crippen molar-refractivity contribution in [1.29, 1.82) is 0 Å². The quantitative estimate of drug-likeness (QED) is 0.754. The Hall–Kier alpha value is -0.910. The van der Waals surface area contributed by atoms with Gasteiger partial charge in [0.15, 0.2) is 0 Å². The number of nitrogens with zero attached hydrogens (tertiary/aromatic N) is 1. The number of rotatable bonds is 1. The minimum absolute atomic E-state index is 0.285. The smallest absolute Gasteiger partial charge is 0.257 e. The lowest BCUT2D eigenvalue weighted by Crippen LogP contribution is -1.82. The molecule has 0 amide bonds. The molecule has 0 saturated heterocycles. The van der Waals surface area contributed by atoms with E-state index in [1.807, 2.05) is 22.6 Å². The molecule has 2 nitrogen and oxygen atoms in total. The summed E-state index contributed by atoms with van der Waals surface area (Å²) in [5.74, 6) is -0.285. The van der Waals surface area contributed by atoms with Crippen LogP contribution in [0.25, 0.3) is 11.3 Å². The van der Waals surface area contributed by atoms with Crippen LogP contribution in [-0.2, 0) is 0 Å². The number of hydrogen-bond acceptors (Lipinski definition) is 2. The third-order valence-electron chi connectivity index (χ3n) is 1.63. The predicted octanol–water partition coefficient (Wildman–Crippen LogP) is 3.09. The Kier molecular flexibility index (Phi) is 2.30. The molecule has 1 aromatic carbocycles. The van der Waals surface area contributed by atoms with Gasteiger partial charge in [-0.05, 0) is 12.1 Å². The second-order valence-corrected chi connectivity index (χ2v) is 3.39. The standard InChI is InChI=1S/C9H5FINO/c10-7-4-2-1-3-6(7)8-5-13-9(11)12-8/h1-5H. The molecule has 0 aliphatic carbocycles. The first-order valence-electron chi connectivity index (χ1n) is 3.63. The molecule has 4 heteroatoms. The topological polar surface area (TPSA) is 26.0 Å². The van der Waals surface area contributed by atoms with Gasteiger partial charge < -0.3 is 4.42 Å². The lowest BCUT2D eigenvalue weighted by atomic mass is 10.2. The number of oxazole rings is 1. The monoisotopic (exact) mass is 289 g/mol. The van der Waals surface area contributed by atoms with E-state index in [4.69, 9.17) is 4.42 Å². The Morgan fingerprint density at radius 2 is 2.08 bits per heavy atom. The minimum Gasteiger partial charge on any atom is -0.440 e. The van der Waals surface area contributed by atoms with Crippen molar-refractivity contribution in [2.75, 3.05) is 0 Å². The van der Waals surface area contributed by atoms with Gasteiger partial charge in [0.25, 0.3) is 3.90 Å². The molecule has 0 atom stereocenters. The fourth-order valence-corrected chi connectivity index (χ4v) is 1.43. The van der Waals surface area contributed by atoms with Gasteiger partial charge in [0.1, 0.15) is 17.8 Å². The molecular formula is C9H5FINO. The van der Waals surface area contributed by atoms with Crippen LogP contribution in [0.3, 0.4) is 0 Å². The second-order valence-electron chi connectivity index (χ2n) is 2.47. The maximum absolute atomic E-state index is 13.2. The van der Waals surface area contributed by atoms with Crippen LogP contribution in [0, 0.1) is 9.71 Å². The fourth-order valence-electron chi connectivity index (χ4n) is 1.04. The average Bonchev–Trinajstić information content (AvgIpc) is 2.53. The summed E-state index contributed by atoms with van der Waals surface area (Å²) in [7, 11) is 0. The van der Waals surface area contributed by atoms with Crippen molar-refractivity contribution in [1.82, 2.24) is 4.98 Å². The number of halogens is 2. The largest absolute Gasteiger partial charge is 0.440 e. The van der Waals surface area contributed by atoms with E-state index < -0.39 is 0 Å². The van der Waals surface area contributed by atoms with Crippen molar-refractivity contribution in [3.63, 3.8) is 0 Å². The van der Waals surface area contributed by atoms with E-state index in [9.17, 15) is 4.39 Å². The zero-order chi connectivity index (χ0) is 9.26. The Labute approximate surface area is 87.9 Å². The molecule has 1 heterocycles. The average molecular weight is 289 g/mol. The van der Waals surface area contributed by atoms with Gasteiger partial charge in [-0.1, -0.05) is 12.1 Å². The zero-order valence-electron chi connectivity index (χ0n) is 6.50. The summed E-state index contributed by atoms with van der Waals surface area (Å²) >= 11 is 1.94. The molecule has 0 spiro atoms. The van der Waals surface area contributed by atoms with E-state index in [-0.39, 0.29) is 5.82 Å². The molecule has 66 valence electrons. The maximum Gasteiger partial charge on any atom is 0.257 e. The van der Waals surface area contributed by atoms with Crippen molar-refractivity contribution in [3.05, 3.63) is 40.2 Å². The summed E-state index contributed by atoms with van der Waals surface area (Å²) in [5.41, 5.74) is 0.997. The first kappa shape index (κ1) is 8.68. The summed E-state index contributed by atoms with van der Waals surface area (Å²) in [5, 5.41) is 0. The van der Waals surface area contributed by atoms with E-state index in [0.717, 1.165) is 0 Å². The molecule has 13 heavy (non-hydrogen) atoms. The molecule has 0 aliphatic rings. The third kappa shape index (κ3) is 1.72. The highest BCUT2D eigenvalue weighted by Gasteiger charge is 2.07. The zero-order valence-corrected chi connectivity index (χ0v) is 8.66. The van der Waals surface area contributed by atoms with Gasteiger partial charge in [-0.15, -0.1) is 0 Å². The van der Waals surface area contributed by atoms with Crippen molar-refractivity contribution in [2.24, 2.45) is 0 Å². The highest BCUT2D eigenvalue weighted by molar-refractivity contribution is 14.1. The Morgan fingerprint density at radius 1 is 1.31 bits per heavy atom. The van der Waals surface area contributed by atoms with Crippen LogP contribution >= 0.6 is 22.6 Å². The van der Waals surface area contributed by atoms with E-state index in [0.29, 0.717) is 15.2 Å². The molecule has 0 unspecified atom stereocenters. The van der Waals surface area contributed by atoms with Gasteiger partial charge in [-0.25, -0.2) is 9.37 Å². The lowest BCUT2D eigenvalue weighted by Gasteiger charge is -1.95. The molecule has 0 N–H and O–H groups in total. The highest BCUT2D eigenvalue weighted by Crippen LogP contribution is 2.21. The van der Waals surface area contributed by atoms with Gasteiger partial charge in [-0.3, -0.25) is 0 Å². The van der Waals surface area contributed by atoms with Crippen molar-refractivity contribution in [2.45, 2.75) is 0 Å². The van der Waals surface area contributed by atoms with Crippen LogP contribution in [0.4, 0.5) is 4.39 Å². The first-order valence-corrected chi connectivity index (χ1v) is 4.71. The molecule has 0 radical (unpaired) electrons. The van der Waals surface area contributed by atoms with E-state index >= 15 is 0 Å². The van der Waals surface area contributed by atoms with Crippen LogP contribution in [0.5, 0.6) is 0 Å². The predicted molar refractivity (Wildman–Crippen MR) is 54.6 cm³/mol. The van der Waals surface area contributed by atoms with Crippen molar-refractivity contribution < 1.29 is 8.81 Å². The van der Waals surface area contributed by atoms with Crippen molar-refractivity contribution in [3.8, 4) is 11.3 Å². The fraction of sp³-hybridized carbons (Fsp3) is 0. The molecule has 1 aromatic heterocycles. The highest BCUT2D eigenvalue weighted by atomic mass is 127. The van der Waals surface area contributed by atoms with Gasteiger partial charge in [0, 0.05) is 28.2 Å². The third-order valence-corrected chi connectivity index (χ3v) is 2.12. The molecule has 0 fully saturated rings. The Morgan fingerprint density at radius 3 is 2.69 bits per heavy atom. The van der Waals surface area contributed by atoms with E-state index in [1.165, 1.54) is 12.3 Å². The van der Waals surface area contributed by atoms with Gasteiger partial charge in [0.2, 0.25) is 0 Å². The SMILES string of the molecule is Fc1ccccc1-c1coc(I)n1. The van der Waals surface area contributed by atoms with Gasteiger partial charge in [0.05, 0.1) is 0 Å². The molecular weight excluding hydrogens is 284 g/mol. The van der Waals surface area contributed by atoms with Crippen LogP contribution in [0.1, 0.15) is 0 Å². The molecule has 0 aliphatic heterocycles. The molecule has 2 rings (SSSR count). The lowest BCUT2D eigenvalue weighted by molar-refractivity contribution is 0.525.